The Morgan fingerprint density at radius 1 is 1.55 bits per heavy atom. The van der Waals surface area contributed by atoms with Crippen LogP contribution < -0.4 is 10.6 Å². The maximum atomic E-state index is 11.9. The molecule has 1 aromatic heterocycles. The van der Waals surface area contributed by atoms with Crippen LogP contribution in [0.3, 0.4) is 0 Å². The Balaban J connectivity index is 1.79. The molecule has 20 heavy (non-hydrogen) atoms. The summed E-state index contributed by atoms with van der Waals surface area (Å²) in [5.41, 5.74) is 0. The Kier molecular flexibility index (Phi) is 6.40. The van der Waals surface area contributed by atoms with Crippen LogP contribution in [0.2, 0.25) is 0 Å². The van der Waals surface area contributed by atoms with E-state index in [4.69, 9.17) is 0 Å². The molecule has 0 saturated carbocycles. The van der Waals surface area contributed by atoms with E-state index in [1.807, 2.05) is 0 Å². The van der Waals surface area contributed by atoms with E-state index in [9.17, 15) is 4.79 Å². The number of anilines is 1. The van der Waals surface area contributed by atoms with Gasteiger partial charge in [0.2, 0.25) is 5.13 Å². The first-order valence-electron chi connectivity index (χ1n) is 6.54. The molecule has 0 aromatic carbocycles. The number of amides is 2. The van der Waals surface area contributed by atoms with E-state index in [1.165, 1.54) is 11.3 Å². The molecule has 1 aliphatic heterocycles. The molecule has 2 N–H and O–H groups in total. The predicted molar refractivity (Wildman–Crippen MR) is 86.6 cm³/mol. The van der Waals surface area contributed by atoms with Crippen molar-refractivity contribution in [3.8, 4) is 0 Å². The van der Waals surface area contributed by atoms with Gasteiger partial charge in [-0.2, -0.15) is 0 Å². The third-order valence-electron chi connectivity index (χ3n) is 2.87. The number of thioether (sulfide) groups is 1. The lowest BCUT2D eigenvalue weighted by Crippen LogP contribution is -2.46. The molecule has 0 spiro atoms. The van der Waals surface area contributed by atoms with E-state index < -0.39 is 0 Å². The van der Waals surface area contributed by atoms with Gasteiger partial charge in [-0.1, -0.05) is 42.0 Å². The Hall–Kier alpha value is -0.510. The molecule has 0 radical (unpaired) electrons. The summed E-state index contributed by atoms with van der Waals surface area (Å²) in [5, 5.41) is 14.3. The van der Waals surface area contributed by atoms with Crippen LogP contribution in [0, 0.1) is 0 Å². The smallest absolute Gasteiger partial charge is 0.321 e. The minimum Gasteiger partial charge on any atom is -0.334 e. The van der Waals surface area contributed by atoms with Crippen LogP contribution in [0.15, 0.2) is 4.34 Å². The first-order valence-corrected chi connectivity index (χ1v) is 9.52. The van der Waals surface area contributed by atoms with E-state index in [0.717, 1.165) is 36.0 Å². The fourth-order valence-electron chi connectivity index (χ4n) is 1.99. The highest BCUT2D eigenvalue weighted by atomic mass is 32.2. The van der Waals surface area contributed by atoms with Gasteiger partial charge in [-0.05, 0) is 24.9 Å². The monoisotopic (exact) mass is 333 g/mol. The van der Waals surface area contributed by atoms with Gasteiger partial charge in [0.05, 0.1) is 0 Å². The number of aromatic nitrogens is 2. The molecule has 2 heterocycles. The molecule has 2 amide bonds. The fourth-order valence-corrected chi connectivity index (χ4v) is 4.27. The Morgan fingerprint density at radius 2 is 2.40 bits per heavy atom. The number of carbonyl (C=O) groups excluding carboxylic acids is 1. The molecule has 1 aliphatic rings. The molecule has 112 valence electrons. The molecule has 1 atom stereocenters. The molecule has 1 fully saturated rings. The largest absolute Gasteiger partial charge is 0.334 e. The van der Waals surface area contributed by atoms with Crippen molar-refractivity contribution < 1.29 is 4.79 Å². The summed E-state index contributed by atoms with van der Waals surface area (Å²) in [7, 11) is 0. The highest BCUT2D eigenvalue weighted by molar-refractivity contribution is 8.01. The zero-order valence-electron chi connectivity index (χ0n) is 11.6. The molecule has 1 saturated heterocycles. The van der Waals surface area contributed by atoms with E-state index in [1.54, 1.807) is 23.7 Å². The van der Waals surface area contributed by atoms with Crippen molar-refractivity contribution >= 4 is 46.2 Å². The van der Waals surface area contributed by atoms with Gasteiger partial charge in [-0.3, -0.25) is 5.32 Å². The second-order valence-electron chi connectivity index (χ2n) is 4.31. The standard InChI is InChI=1S/C11H19N5OS3/c1-3-19-11-15-14-10(20-11)13-9(17)12-8-5-4-6-16(7-8)18-2/h8H,3-7H2,1-2H3,(H2,12,13,14,17). The van der Waals surface area contributed by atoms with Crippen molar-refractivity contribution in [3.05, 3.63) is 0 Å². The van der Waals surface area contributed by atoms with Crippen molar-refractivity contribution in [2.75, 3.05) is 30.4 Å². The molecule has 1 unspecified atom stereocenters. The first-order chi connectivity index (χ1) is 9.71. The van der Waals surface area contributed by atoms with Crippen LogP contribution in [0.1, 0.15) is 19.8 Å². The second-order valence-corrected chi connectivity index (χ2v) is 7.68. The first kappa shape index (κ1) is 15.9. The lowest BCUT2D eigenvalue weighted by Gasteiger charge is -2.31. The minimum atomic E-state index is -0.192. The highest BCUT2D eigenvalue weighted by Crippen LogP contribution is 2.25. The molecular weight excluding hydrogens is 314 g/mol. The summed E-state index contributed by atoms with van der Waals surface area (Å²) in [6.07, 6.45) is 4.20. The van der Waals surface area contributed by atoms with Crippen molar-refractivity contribution in [1.29, 1.82) is 0 Å². The van der Waals surface area contributed by atoms with Gasteiger partial charge in [-0.25, -0.2) is 9.10 Å². The lowest BCUT2D eigenvalue weighted by molar-refractivity contribution is 0.239. The third-order valence-corrected chi connectivity index (χ3v) is 5.57. The summed E-state index contributed by atoms with van der Waals surface area (Å²) < 4.78 is 3.16. The normalized spacial score (nSPS) is 19.8. The maximum absolute atomic E-state index is 11.9. The summed E-state index contributed by atoms with van der Waals surface area (Å²) in [6, 6.07) is 0.00996. The maximum Gasteiger partial charge on any atom is 0.321 e. The molecule has 0 bridgehead atoms. The van der Waals surface area contributed by atoms with Gasteiger partial charge in [0, 0.05) is 19.1 Å². The number of piperidine rings is 1. The minimum absolute atomic E-state index is 0.192. The average Bonchev–Trinajstić information content (AvgIpc) is 2.86. The van der Waals surface area contributed by atoms with Crippen molar-refractivity contribution in [2.24, 2.45) is 0 Å². The average molecular weight is 334 g/mol. The Morgan fingerprint density at radius 3 is 3.15 bits per heavy atom. The van der Waals surface area contributed by atoms with E-state index in [-0.39, 0.29) is 12.1 Å². The van der Waals surface area contributed by atoms with Crippen LogP contribution in [-0.2, 0) is 0 Å². The van der Waals surface area contributed by atoms with Crippen molar-refractivity contribution in [3.63, 3.8) is 0 Å². The summed E-state index contributed by atoms with van der Waals surface area (Å²) >= 11 is 4.76. The van der Waals surface area contributed by atoms with Crippen molar-refractivity contribution in [1.82, 2.24) is 19.8 Å². The second kappa shape index (κ2) is 8.06. The zero-order valence-corrected chi connectivity index (χ0v) is 14.0. The topological polar surface area (TPSA) is 70.1 Å². The highest BCUT2D eigenvalue weighted by Gasteiger charge is 2.21. The van der Waals surface area contributed by atoms with Gasteiger partial charge in [0.15, 0.2) is 4.34 Å². The van der Waals surface area contributed by atoms with Crippen LogP contribution in [0.5, 0.6) is 0 Å². The summed E-state index contributed by atoms with van der Waals surface area (Å²) in [6.45, 7) is 4.04. The Bertz CT molecular complexity index is 441. The molecule has 0 aliphatic carbocycles. The molecule has 9 heteroatoms. The predicted octanol–water partition coefficient (Wildman–Crippen LogP) is 2.51. The van der Waals surface area contributed by atoms with Crippen LogP contribution >= 0.6 is 35.0 Å². The summed E-state index contributed by atoms with van der Waals surface area (Å²) in [4.78, 5) is 11.9. The van der Waals surface area contributed by atoms with Gasteiger partial charge in [-0.15, -0.1) is 10.2 Å². The number of urea groups is 1. The van der Waals surface area contributed by atoms with Crippen molar-refractivity contribution in [2.45, 2.75) is 30.1 Å². The number of carbonyl (C=O) groups is 1. The van der Waals surface area contributed by atoms with Gasteiger partial charge in [0.1, 0.15) is 0 Å². The Labute approximate surface area is 131 Å². The number of hydrogen-bond acceptors (Lipinski definition) is 7. The number of rotatable bonds is 5. The van der Waals surface area contributed by atoms with Crippen LogP contribution in [0.25, 0.3) is 0 Å². The number of nitrogens with one attached hydrogen (secondary N) is 2. The van der Waals surface area contributed by atoms with Crippen LogP contribution in [0.4, 0.5) is 9.93 Å². The molecular formula is C11H19N5OS3. The SMILES string of the molecule is CCSc1nnc(NC(=O)NC2CCCN(SC)C2)s1. The molecule has 6 nitrogen and oxygen atoms in total. The third kappa shape index (κ3) is 4.80. The number of nitrogens with zero attached hydrogens (tertiary/aromatic N) is 3. The molecule has 1 aromatic rings. The van der Waals surface area contributed by atoms with Gasteiger partial charge in [0.25, 0.3) is 0 Å². The lowest BCUT2D eigenvalue weighted by atomic mass is 10.1. The van der Waals surface area contributed by atoms with E-state index >= 15 is 0 Å². The van der Waals surface area contributed by atoms with E-state index in [0.29, 0.717) is 5.13 Å². The molecule has 2 rings (SSSR count). The zero-order chi connectivity index (χ0) is 14.4. The number of hydrogen-bond donors (Lipinski definition) is 2. The fraction of sp³-hybridized carbons (Fsp3) is 0.727. The quantitative estimate of drug-likeness (QED) is 0.490. The van der Waals surface area contributed by atoms with Crippen LogP contribution in [-0.4, -0.2) is 51.7 Å². The van der Waals surface area contributed by atoms with Gasteiger partial charge >= 0.3 is 6.03 Å². The van der Waals surface area contributed by atoms with E-state index in [2.05, 4.69) is 38.3 Å². The van der Waals surface area contributed by atoms with Gasteiger partial charge < -0.3 is 5.32 Å². The summed E-state index contributed by atoms with van der Waals surface area (Å²) in [5.74, 6) is 0.952.